The minimum Gasteiger partial charge on any atom is -0.495 e. The summed E-state index contributed by atoms with van der Waals surface area (Å²) < 4.78 is 11.2. The second-order valence-electron chi connectivity index (χ2n) is 11.5. The van der Waals surface area contributed by atoms with Gasteiger partial charge in [0.25, 0.3) is 0 Å². The number of hydrogen-bond donors (Lipinski definition) is 0. The minimum absolute atomic E-state index is 0.0193. The van der Waals surface area contributed by atoms with Gasteiger partial charge in [0.15, 0.2) is 0 Å². The van der Waals surface area contributed by atoms with Crippen LogP contribution in [0.1, 0.15) is 69.7 Å². The first-order valence-corrected chi connectivity index (χ1v) is 14.8. The maximum absolute atomic E-state index is 13.5. The van der Waals surface area contributed by atoms with Crippen molar-refractivity contribution >= 4 is 40.8 Å². The van der Waals surface area contributed by atoms with Crippen molar-refractivity contribution in [1.82, 2.24) is 0 Å². The number of anilines is 1. The summed E-state index contributed by atoms with van der Waals surface area (Å²) in [5.41, 5.74) is 3.10. The Morgan fingerprint density at radius 2 is 1.60 bits per heavy atom. The molecule has 0 aromatic heterocycles. The first kappa shape index (κ1) is 33.0. The molecule has 0 N–H and O–H groups in total. The van der Waals surface area contributed by atoms with Crippen LogP contribution in [-0.4, -0.2) is 32.1 Å². The maximum Gasteiger partial charge on any atom is 0.313 e. The highest BCUT2D eigenvalue weighted by molar-refractivity contribution is 6.36. The van der Waals surface area contributed by atoms with Crippen LogP contribution in [0.4, 0.5) is 5.69 Å². The van der Waals surface area contributed by atoms with Crippen LogP contribution in [-0.2, 0) is 20.7 Å². The van der Waals surface area contributed by atoms with Crippen molar-refractivity contribution in [3.8, 4) is 17.6 Å². The van der Waals surface area contributed by atoms with Gasteiger partial charge in [0.1, 0.15) is 5.75 Å². The Bertz CT molecular complexity index is 1440. The van der Waals surface area contributed by atoms with E-state index in [1.807, 2.05) is 63.2 Å². The van der Waals surface area contributed by atoms with Crippen molar-refractivity contribution in [2.45, 2.75) is 53.9 Å². The number of carbonyl (C=O) groups excluding carboxylic acids is 2. The van der Waals surface area contributed by atoms with Gasteiger partial charge in [-0.2, -0.15) is 0 Å². The summed E-state index contributed by atoms with van der Waals surface area (Å²) in [6.45, 7) is 12.4. The van der Waals surface area contributed by atoms with Gasteiger partial charge in [-0.25, -0.2) is 0 Å². The molecule has 42 heavy (non-hydrogen) atoms. The van der Waals surface area contributed by atoms with E-state index in [1.54, 1.807) is 37.1 Å². The minimum atomic E-state index is -0.599. The smallest absolute Gasteiger partial charge is 0.313 e. The first-order chi connectivity index (χ1) is 19.8. The fourth-order valence-electron chi connectivity index (χ4n) is 4.49. The van der Waals surface area contributed by atoms with Crippen molar-refractivity contribution in [3.63, 3.8) is 0 Å². The highest BCUT2D eigenvalue weighted by Crippen LogP contribution is 2.36. The van der Waals surface area contributed by atoms with Crippen LogP contribution in [0.3, 0.4) is 0 Å². The van der Waals surface area contributed by atoms with Gasteiger partial charge in [0, 0.05) is 17.5 Å². The normalized spacial score (nSPS) is 11.9. The number of nitrogens with zero attached hydrogens (tertiary/aromatic N) is 1. The van der Waals surface area contributed by atoms with Gasteiger partial charge in [-0.3, -0.25) is 9.59 Å². The lowest BCUT2D eigenvalue weighted by Gasteiger charge is -2.32. The third-order valence-corrected chi connectivity index (χ3v) is 7.22. The molecule has 0 bridgehead atoms. The molecule has 0 aliphatic heterocycles. The number of ether oxygens (including phenoxy) is 2. The standard InChI is InChI=1S/C35H39Cl2NO4/c1-8-42-33(39)28(20-25-14-12-24(13-15-25)16-18-27-29(36)10-9-11-30(27)37)26-17-19-32(41-7)31(21-26)38(22-23(2)3)34(40)35(4,5)6/h9-15,17,19,21,23,28H,8,20,22H2,1-7H3. The Kier molecular flexibility index (Phi) is 11.5. The number of halogens is 2. The van der Waals surface area contributed by atoms with Crippen LogP contribution in [0, 0.1) is 23.2 Å². The van der Waals surface area contributed by atoms with Gasteiger partial charge in [-0.15, -0.1) is 0 Å². The van der Waals surface area contributed by atoms with Crippen molar-refractivity contribution in [2.75, 3.05) is 25.2 Å². The van der Waals surface area contributed by atoms with E-state index in [-0.39, 0.29) is 24.4 Å². The van der Waals surface area contributed by atoms with Crippen molar-refractivity contribution < 1.29 is 19.1 Å². The van der Waals surface area contributed by atoms with Crippen LogP contribution in [0.5, 0.6) is 5.75 Å². The number of hydrogen-bond acceptors (Lipinski definition) is 4. The molecular formula is C35H39Cl2NO4. The van der Waals surface area contributed by atoms with Gasteiger partial charge in [-0.05, 0) is 66.8 Å². The molecule has 3 aromatic carbocycles. The molecule has 0 aliphatic rings. The van der Waals surface area contributed by atoms with Crippen LogP contribution in [0.2, 0.25) is 10.0 Å². The number of amides is 1. The fraction of sp³-hybridized carbons (Fsp3) is 0.371. The number of rotatable bonds is 9. The summed E-state index contributed by atoms with van der Waals surface area (Å²) in [4.78, 5) is 28.6. The molecule has 0 spiro atoms. The third kappa shape index (κ3) is 8.53. The lowest BCUT2D eigenvalue weighted by molar-refractivity contribution is -0.145. The number of methoxy groups -OCH3 is 1. The molecule has 0 heterocycles. The van der Waals surface area contributed by atoms with Crippen LogP contribution < -0.4 is 9.64 Å². The summed E-state index contributed by atoms with van der Waals surface area (Å²) in [6.07, 6.45) is 0.409. The lowest BCUT2D eigenvalue weighted by atomic mass is 9.90. The predicted molar refractivity (Wildman–Crippen MR) is 172 cm³/mol. The van der Waals surface area contributed by atoms with E-state index in [4.69, 9.17) is 32.7 Å². The average Bonchev–Trinajstić information content (AvgIpc) is 2.94. The molecule has 0 fully saturated rings. The van der Waals surface area contributed by atoms with Crippen LogP contribution in [0.15, 0.2) is 60.7 Å². The van der Waals surface area contributed by atoms with E-state index >= 15 is 0 Å². The first-order valence-electron chi connectivity index (χ1n) is 14.1. The number of benzene rings is 3. The lowest BCUT2D eigenvalue weighted by Crippen LogP contribution is -2.42. The van der Waals surface area contributed by atoms with Gasteiger partial charge >= 0.3 is 5.97 Å². The third-order valence-electron chi connectivity index (χ3n) is 6.59. The summed E-state index contributed by atoms with van der Waals surface area (Å²) in [5.74, 6) is 6.01. The van der Waals surface area contributed by atoms with E-state index < -0.39 is 11.3 Å². The van der Waals surface area contributed by atoms with Crippen molar-refractivity contribution in [1.29, 1.82) is 0 Å². The van der Waals surface area contributed by atoms with Crippen molar-refractivity contribution in [3.05, 3.63) is 93.0 Å². The Morgan fingerprint density at radius 3 is 2.14 bits per heavy atom. The SMILES string of the molecule is CCOC(=O)C(Cc1ccc(C#Cc2c(Cl)cccc2Cl)cc1)c1ccc(OC)c(N(CC(C)C)C(=O)C(C)(C)C)c1. The highest BCUT2D eigenvalue weighted by Gasteiger charge is 2.32. The van der Waals surface area contributed by atoms with E-state index in [9.17, 15) is 9.59 Å². The molecule has 222 valence electrons. The van der Waals surface area contributed by atoms with E-state index in [0.717, 1.165) is 16.7 Å². The predicted octanol–water partition coefficient (Wildman–Crippen LogP) is 8.33. The average molecular weight is 609 g/mol. The highest BCUT2D eigenvalue weighted by atomic mass is 35.5. The molecule has 5 nitrogen and oxygen atoms in total. The Hall–Kier alpha value is -3.46. The number of carbonyl (C=O) groups is 2. The van der Waals surface area contributed by atoms with Crippen LogP contribution in [0.25, 0.3) is 0 Å². The molecular weight excluding hydrogens is 569 g/mol. The molecule has 1 unspecified atom stereocenters. The summed E-state index contributed by atoms with van der Waals surface area (Å²) >= 11 is 12.5. The van der Waals surface area contributed by atoms with Crippen molar-refractivity contribution in [2.24, 2.45) is 11.3 Å². The summed E-state index contributed by atoms with van der Waals surface area (Å²) in [6, 6.07) is 18.6. The molecule has 0 radical (unpaired) electrons. The monoisotopic (exact) mass is 607 g/mol. The zero-order valence-corrected chi connectivity index (χ0v) is 26.9. The maximum atomic E-state index is 13.5. The Morgan fingerprint density at radius 1 is 0.952 bits per heavy atom. The largest absolute Gasteiger partial charge is 0.495 e. The topological polar surface area (TPSA) is 55.8 Å². The van der Waals surface area contributed by atoms with E-state index in [0.29, 0.717) is 40.0 Å². The number of esters is 1. The second kappa shape index (κ2) is 14.6. The molecule has 0 aliphatic carbocycles. The Labute approximate surface area is 260 Å². The molecule has 7 heteroatoms. The quantitative estimate of drug-likeness (QED) is 0.181. The van der Waals surface area contributed by atoms with Gasteiger partial charge in [0.05, 0.1) is 40.9 Å². The van der Waals surface area contributed by atoms with E-state index in [2.05, 4.69) is 25.7 Å². The summed E-state index contributed by atoms with van der Waals surface area (Å²) in [5, 5.41) is 0.998. The van der Waals surface area contributed by atoms with Gasteiger partial charge < -0.3 is 14.4 Å². The fourth-order valence-corrected chi connectivity index (χ4v) is 4.98. The second-order valence-corrected chi connectivity index (χ2v) is 12.4. The molecule has 3 rings (SSSR count). The van der Waals surface area contributed by atoms with Gasteiger partial charge in [0.2, 0.25) is 5.91 Å². The summed E-state index contributed by atoms with van der Waals surface area (Å²) in [7, 11) is 1.58. The molecule has 1 amide bonds. The molecule has 3 aromatic rings. The zero-order chi connectivity index (χ0) is 31.0. The van der Waals surface area contributed by atoms with Gasteiger partial charge in [-0.1, -0.05) is 93.9 Å². The molecule has 0 saturated carbocycles. The van der Waals surface area contributed by atoms with Crippen LogP contribution >= 0.6 is 23.2 Å². The molecule has 0 saturated heterocycles. The zero-order valence-electron chi connectivity index (χ0n) is 25.4. The van der Waals surface area contributed by atoms with E-state index in [1.165, 1.54) is 0 Å². The molecule has 1 atom stereocenters. The Balaban J connectivity index is 1.98.